The predicted molar refractivity (Wildman–Crippen MR) is 22.1 cm³/mol. The van der Waals surface area contributed by atoms with Crippen molar-refractivity contribution in [2.75, 3.05) is 6.54 Å². The maximum Gasteiger partial charge on any atom is 0.157 e. The molecule has 0 radical (unpaired) electrons. The van der Waals surface area contributed by atoms with Crippen molar-refractivity contribution in [2.45, 2.75) is 5.37 Å². The molecule has 0 amide bonds. The summed E-state index contributed by atoms with van der Waals surface area (Å²) in [6, 6.07) is 0. The zero-order valence-electron chi connectivity index (χ0n) is 3.05. The smallest absolute Gasteiger partial charge is 0.157 e. The van der Waals surface area contributed by atoms with Gasteiger partial charge in [0.15, 0.2) is 10.7 Å². The van der Waals surface area contributed by atoms with Crippen LogP contribution in [0.1, 0.15) is 0 Å². The molecular formula is C2H5NO2S. The van der Waals surface area contributed by atoms with Gasteiger partial charge in [-0.05, 0) is 0 Å². The van der Waals surface area contributed by atoms with E-state index in [1.165, 1.54) is 0 Å². The Hall–Kier alpha value is -0.0900. The lowest BCUT2D eigenvalue weighted by molar-refractivity contribution is 0.613. The maximum absolute atomic E-state index is 9.74. The molecule has 0 bridgehead atoms. The summed E-state index contributed by atoms with van der Waals surface area (Å²) in [7, 11) is -2.16. The summed E-state index contributed by atoms with van der Waals surface area (Å²) >= 11 is 0. The third kappa shape index (κ3) is 0.693. The monoisotopic (exact) mass is 107 g/mol. The van der Waals surface area contributed by atoms with Crippen molar-refractivity contribution >= 4 is 10.7 Å². The average Bonchev–Trinajstić information content (AvgIpc) is 2.06. The highest BCUT2D eigenvalue weighted by molar-refractivity contribution is 7.73. The van der Waals surface area contributed by atoms with Crippen molar-refractivity contribution < 1.29 is 8.42 Å². The Morgan fingerprint density at radius 2 is 2.17 bits per heavy atom. The van der Waals surface area contributed by atoms with E-state index < -0.39 is 10.7 Å². The quantitative estimate of drug-likeness (QED) is 0.317. The molecule has 6 heavy (non-hydrogen) atoms. The minimum Gasteiger partial charge on any atom is -0.298 e. The van der Waals surface area contributed by atoms with E-state index in [0.29, 0.717) is 6.54 Å². The van der Waals surface area contributed by atoms with Gasteiger partial charge in [-0.25, -0.2) is 8.42 Å². The molecule has 0 aliphatic carbocycles. The van der Waals surface area contributed by atoms with Crippen LogP contribution >= 0.6 is 0 Å². The average molecular weight is 107 g/mol. The first-order chi connectivity index (χ1) is 2.80. The molecule has 3 nitrogen and oxygen atoms in total. The van der Waals surface area contributed by atoms with Crippen LogP contribution < -0.4 is 5.32 Å². The first kappa shape index (κ1) is 4.08. The van der Waals surface area contributed by atoms with Gasteiger partial charge in [0.25, 0.3) is 0 Å². The van der Waals surface area contributed by atoms with Gasteiger partial charge in [-0.2, -0.15) is 0 Å². The Labute approximate surface area is 37.3 Å². The van der Waals surface area contributed by atoms with E-state index in [-0.39, 0.29) is 5.37 Å². The minimum atomic E-state index is -2.16. The van der Waals surface area contributed by atoms with Gasteiger partial charge in [0.05, 0.1) is 0 Å². The van der Waals surface area contributed by atoms with Crippen molar-refractivity contribution in [2.24, 2.45) is 0 Å². The van der Waals surface area contributed by atoms with Crippen LogP contribution in [0.5, 0.6) is 0 Å². The predicted octanol–water partition coefficient (Wildman–Crippen LogP) is -1.47. The van der Waals surface area contributed by atoms with Crippen LogP contribution in [0.2, 0.25) is 0 Å². The lowest BCUT2D eigenvalue weighted by Gasteiger charge is -1.63. The molecular weight excluding hydrogens is 102 g/mol. The number of thiol groups is 1. The molecule has 0 spiro atoms. The molecule has 36 valence electrons. The van der Waals surface area contributed by atoms with Crippen molar-refractivity contribution in [3.63, 3.8) is 0 Å². The molecule has 1 unspecified atom stereocenters. The van der Waals surface area contributed by atoms with Crippen LogP contribution in [0.25, 0.3) is 0 Å². The molecule has 1 aliphatic rings. The van der Waals surface area contributed by atoms with Gasteiger partial charge in [0, 0.05) is 6.54 Å². The van der Waals surface area contributed by atoms with Gasteiger partial charge in [-0.15, -0.1) is 0 Å². The fourth-order valence-corrected chi connectivity index (χ4v) is 0.605. The van der Waals surface area contributed by atoms with Crippen LogP contribution in [-0.4, -0.2) is 20.3 Å². The standard InChI is InChI=1S/C2H5NO2S/c4-6(5)2-1-3-2/h2-3,6H,1H2. The number of nitrogens with one attached hydrogen (secondary N) is 1. The highest BCUT2D eigenvalue weighted by Crippen LogP contribution is 1.93. The lowest BCUT2D eigenvalue weighted by atomic mass is 11.0. The second kappa shape index (κ2) is 1.20. The van der Waals surface area contributed by atoms with Gasteiger partial charge < -0.3 is 0 Å². The van der Waals surface area contributed by atoms with E-state index >= 15 is 0 Å². The molecule has 1 atom stereocenters. The van der Waals surface area contributed by atoms with E-state index in [9.17, 15) is 8.42 Å². The fraction of sp³-hybridized carbons (Fsp3) is 1.00. The van der Waals surface area contributed by atoms with Gasteiger partial charge in [0.1, 0.15) is 5.37 Å². The van der Waals surface area contributed by atoms with Crippen LogP contribution in [0.3, 0.4) is 0 Å². The second-order valence-electron chi connectivity index (χ2n) is 1.21. The van der Waals surface area contributed by atoms with E-state index in [1.54, 1.807) is 0 Å². The summed E-state index contributed by atoms with van der Waals surface area (Å²) < 4.78 is 19.5. The van der Waals surface area contributed by atoms with Crippen LogP contribution in [-0.2, 0) is 10.7 Å². The molecule has 0 aromatic rings. The lowest BCUT2D eigenvalue weighted by Crippen LogP contribution is -1.89. The summed E-state index contributed by atoms with van der Waals surface area (Å²) in [4.78, 5) is 0. The van der Waals surface area contributed by atoms with E-state index in [2.05, 4.69) is 5.32 Å². The van der Waals surface area contributed by atoms with Crippen molar-refractivity contribution in [3.05, 3.63) is 0 Å². The van der Waals surface area contributed by atoms with Crippen molar-refractivity contribution in [3.8, 4) is 0 Å². The molecule has 1 N–H and O–H groups in total. The summed E-state index contributed by atoms with van der Waals surface area (Å²) in [5, 5.41) is 2.44. The Morgan fingerprint density at radius 1 is 1.67 bits per heavy atom. The first-order valence-electron chi connectivity index (χ1n) is 1.67. The molecule has 0 saturated carbocycles. The van der Waals surface area contributed by atoms with E-state index in [0.717, 1.165) is 0 Å². The number of hydrogen-bond acceptors (Lipinski definition) is 3. The highest BCUT2D eigenvalue weighted by atomic mass is 32.2. The van der Waals surface area contributed by atoms with Crippen LogP contribution in [0.15, 0.2) is 0 Å². The second-order valence-corrected chi connectivity index (χ2v) is 2.40. The summed E-state index contributed by atoms with van der Waals surface area (Å²) in [5.74, 6) is 0. The Balaban J connectivity index is 2.52. The molecule has 4 heteroatoms. The molecule has 1 heterocycles. The highest BCUT2D eigenvalue weighted by Gasteiger charge is 2.22. The van der Waals surface area contributed by atoms with Gasteiger partial charge in [-0.3, -0.25) is 5.32 Å². The third-order valence-electron chi connectivity index (χ3n) is 0.641. The molecule has 1 aliphatic heterocycles. The Morgan fingerprint density at radius 3 is 2.17 bits per heavy atom. The largest absolute Gasteiger partial charge is 0.298 e. The molecule has 1 saturated heterocycles. The van der Waals surface area contributed by atoms with Gasteiger partial charge >= 0.3 is 0 Å². The van der Waals surface area contributed by atoms with E-state index in [4.69, 9.17) is 0 Å². The molecule has 1 rings (SSSR count). The maximum atomic E-state index is 9.74. The minimum absolute atomic E-state index is 0.194. The topological polar surface area (TPSA) is 56.1 Å². The third-order valence-corrected chi connectivity index (χ3v) is 1.52. The Bertz CT molecular complexity index is 107. The van der Waals surface area contributed by atoms with E-state index in [1.807, 2.05) is 0 Å². The summed E-state index contributed by atoms with van der Waals surface area (Å²) in [5.41, 5.74) is 0. The zero-order chi connectivity index (χ0) is 4.57. The van der Waals surface area contributed by atoms with Gasteiger partial charge in [0.2, 0.25) is 0 Å². The number of rotatable bonds is 1. The van der Waals surface area contributed by atoms with Crippen molar-refractivity contribution in [1.82, 2.24) is 5.32 Å². The summed E-state index contributed by atoms with van der Waals surface area (Å²) in [6.07, 6.45) is 0. The van der Waals surface area contributed by atoms with Gasteiger partial charge in [-0.1, -0.05) is 0 Å². The molecule has 0 aromatic heterocycles. The first-order valence-corrected chi connectivity index (χ1v) is 2.92. The van der Waals surface area contributed by atoms with Crippen molar-refractivity contribution in [1.29, 1.82) is 0 Å². The SMILES string of the molecule is O=[SH](=O)C1CN1. The van der Waals surface area contributed by atoms with Crippen LogP contribution in [0.4, 0.5) is 0 Å². The Kier molecular flexibility index (Phi) is 0.816. The number of hydrogen-bond donors (Lipinski definition) is 2. The zero-order valence-corrected chi connectivity index (χ0v) is 3.94. The van der Waals surface area contributed by atoms with Crippen LogP contribution in [0, 0.1) is 0 Å². The normalized spacial score (nSPS) is 31.2. The molecule has 0 aromatic carbocycles. The summed E-state index contributed by atoms with van der Waals surface area (Å²) in [6.45, 7) is 0.651. The molecule has 1 fully saturated rings. The fourth-order valence-electron chi connectivity index (χ4n) is 0.202.